The van der Waals surface area contributed by atoms with Crippen molar-refractivity contribution >= 4 is 43.3 Å². The number of nitrogens with zero attached hydrogens (tertiary/aromatic N) is 2. The molecule has 0 saturated carbocycles. The fourth-order valence-electron chi connectivity index (χ4n) is 2.29. The topological polar surface area (TPSA) is 56.0 Å². The Bertz CT molecular complexity index is 925. The molecule has 112 valence electrons. The van der Waals surface area contributed by atoms with Crippen molar-refractivity contribution in [2.24, 2.45) is 0 Å². The molecule has 3 rings (SSSR count). The molecule has 0 aliphatic rings. The standard InChI is InChI=1S/C14H6BrF3N2O2/c15-10-6-12(14(16,17)18)19-13-8-2-1-3-11(20(21)22)7(8)4-5-9(10)13/h1-6H. The van der Waals surface area contributed by atoms with Crippen LogP contribution in [0.25, 0.3) is 21.7 Å². The molecule has 2 aromatic carbocycles. The van der Waals surface area contributed by atoms with Gasteiger partial charge in [-0.05, 0) is 12.1 Å². The average Bonchev–Trinajstić information content (AvgIpc) is 2.45. The Labute approximate surface area is 129 Å². The third kappa shape index (κ3) is 2.29. The van der Waals surface area contributed by atoms with Crippen molar-refractivity contribution in [2.75, 3.05) is 0 Å². The van der Waals surface area contributed by atoms with Gasteiger partial charge in [-0.3, -0.25) is 10.1 Å². The smallest absolute Gasteiger partial charge is 0.258 e. The Morgan fingerprint density at radius 2 is 1.77 bits per heavy atom. The van der Waals surface area contributed by atoms with Crippen LogP contribution < -0.4 is 0 Å². The number of rotatable bonds is 1. The Kier molecular flexibility index (Phi) is 3.28. The highest BCUT2D eigenvalue weighted by Crippen LogP contribution is 2.37. The van der Waals surface area contributed by atoms with Crippen LogP contribution in [0.3, 0.4) is 0 Å². The van der Waals surface area contributed by atoms with Crippen LogP contribution in [0, 0.1) is 10.1 Å². The van der Waals surface area contributed by atoms with E-state index in [4.69, 9.17) is 0 Å². The van der Waals surface area contributed by atoms with Crippen molar-refractivity contribution in [2.45, 2.75) is 6.18 Å². The lowest BCUT2D eigenvalue weighted by atomic mass is 10.0. The number of nitro benzene ring substituents is 1. The van der Waals surface area contributed by atoms with Crippen molar-refractivity contribution in [1.82, 2.24) is 4.98 Å². The molecular weight excluding hydrogens is 365 g/mol. The van der Waals surface area contributed by atoms with Crippen LogP contribution in [0.1, 0.15) is 5.69 Å². The molecule has 3 aromatic rings. The molecule has 0 atom stereocenters. The molecule has 0 radical (unpaired) electrons. The summed E-state index contributed by atoms with van der Waals surface area (Å²) in [4.78, 5) is 14.1. The van der Waals surface area contributed by atoms with E-state index in [1.54, 1.807) is 0 Å². The molecular formula is C14H6BrF3N2O2. The largest absolute Gasteiger partial charge is 0.433 e. The maximum Gasteiger partial charge on any atom is 0.433 e. The number of alkyl halides is 3. The highest BCUT2D eigenvalue weighted by atomic mass is 79.9. The van der Waals surface area contributed by atoms with Crippen LogP contribution in [-0.4, -0.2) is 9.91 Å². The van der Waals surface area contributed by atoms with Gasteiger partial charge in [-0.1, -0.05) is 34.1 Å². The molecule has 0 aliphatic heterocycles. The molecule has 4 nitrogen and oxygen atoms in total. The number of aromatic nitrogens is 1. The van der Waals surface area contributed by atoms with E-state index in [9.17, 15) is 23.3 Å². The monoisotopic (exact) mass is 370 g/mol. The molecule has 0 unspecified atom stereocenters. The van der Waals surface area contributed by atoms with E-state index in [2.05, 4.69) is 20.9 Å². The third-order valence-corrected chi connectivity index (χ3v) is 3.91. The number of hydrogen-bond donors (Lipinski definition) is 0. The van der Waals surface area contributed by atoms with E-state index in [0.29, 0.717) is 10.8 Å². The number of fused-ring (bicyclic) bond motifs is 3. The van der Waals surface area contributed by atoms with Gasteiger partial charge in [-0.2, -0.15) is 13.2 Å². The number of benzene rings is 2. The van der Waals surface area contributed by atoms with Gasteiger partial charge in [0, 0.05) is 21.3 Å². The van der Waals surface area contributed by atoms with Crippen LogP contribution in [0.5, 0.6) is 0 Å². The van der Waals surface area contributed by atoms with Gasteiger partial charge in [0.15, 0.2) is 0 Å². The van der Waals surface area contributed by atoms with Crippen molar-refractivity contribution in [1.29, 1.82) is 0 Å². The van der Waals surface area contributed by atoms with E-state index >= 15 is 0 Å². The van der Waals surface area contributed by atoms with Crippen molar-refractivity contribution in [3.8, 4) is 0 Å². The first-order chi connectivity index (χ1) is 10.3. The second-order valence-electron chi connectivity index (χ2n) is 4.58. The Hall–Kier alpha value is -2.22. The molecule has 0 N–H and O–H groups in total. The minimum Gasteiger partial charge on any atom is -0.258 e. The average molecular weight is 371 g/mol. The van der Waals surface area contributed by atoms with Gasteiger partial charge in [0.05, 0.1) is 15.8 Å². The van der Waals surface area contributed by atoms with Gasteiger partial charge < -0.3 is 0 Å². The van der Waals surface area contributed by atoms with Crippen molar-refractivity contribution in [3.63, 3.8) is 0 Å². The summed E-state index contributed by atoms with van der Waals surface area (Å²) in [6, 6.07) is 8.17. The molecule has 0 aliphatic carbocycles. The molecule has 1 heterocycles. The van der Waals surface area contributed by atoms with Gasteiger partial charge in [-0.25, -0.2) is 4.98 Å². The zero-order chi connectivity index (χ0) is 16.1. The maximum atomic E-state index is 12.9. The second kappa shape index (κ2) is 4.91. The van der Waals surface area contributed by atoms with Gasteiger partial charge in [0.25, 0.3) is 5.69 Å². The normalized spacial score (nSPS) is 12.0. The first-order valence-corrected chi connectivity index (χ1v) is 6.82. The molecule has 0 bridgehead atoms. The number of halogens is 4. The van der Waals surface area contributed by atoms with Gasteiger partial charge in [-0.15, -0.1) is 0 Å². The second-order valence-corrected chi connectivity index (χ2v) is 5.43. The highest BCUT2D eigenvalue weighted by Gasteiger charge is 2.33. The number of pyridine rings is 1. The van der Waals surface area contributed by atoms with Gasteiger partial charge in [0.2, 0.25) is 0 Å². The summed E-state index contributed by atoms with van der Waals surface area (Å²) < 4.78 is 39.0. The van der Waals surface area contributed by atoms with Gasteiger partial charge >= 0.3 is 6.18 Å². The van der Waals surface area contributed by atoms with E-state index in [-0.39, 0.29) is 21.1 Å². The third-order valence-electron chi connectivity index (χ3n) is 3.25. The van der Waals surface area contributed by atoms with Crippen LogP contribution in [0.4, 0.5) is 18.9 Å². The number of non-ortho nitro benzene ring substituents is 1. The van der Waals surface area contributed by atoms with E-state index < -0.39 is 16.8 Å². The first kappa shape index (κ1) is 14.7. The van der Waals surface area contributed by atoms with Crippen LogP contribution in [-0.2, 0) is 6.18 Å². The summed E-state index contributed by atoms with van der Waals surface area (Å²) in [5.41, 5.74) is -1.15. The molecule has 0 spiro atoms. The van der Waals surface area contributed by atoms with Crippen molar-refractivity contribution in [3.05, 3.63) is 56.7 Å². The Morgan fingerprint density at radius 1 is 1.09 bits per heavy atom. The Morgan fingerprint density at radius 3 is 2.41 bits per heavy atom. The molecule has 1 aromatic heterocycles. The minimum absolute atomic E-state index is 0.0721. The predicted octanol–water partition coefficient (Wildman–Crippen LogP) is 5.08. The van der Waals surface area contributed by atoms with E-state index in [0.717, 1.165) is 6.07 Å². The van der Waals surface area contributed by atoms with Crippen LogP contribution >= 0.6 is 15.9 Å². The van der Waals surface area contributed by atoms with Crippen LogP contribution in [0.15, 0.2) is 40.9 Å². The SMILES string of the molecule is O=[N+]([O-])c1cccc2c1ccc1c(Br)cc(C(F)(F)F)nc12. The molecule has 0 amide bonds. The lowest BCUT2D eigenvalue weighted by Gasteiger charge is -2.10. The summed E-state index contributed by atoms with van der Waals surface area (Å²) in [5.74, 6) is 0. The lowest BCUT2D eigenvalue weighted by molar-refractivity contribution is -0.383. The summed E-state index contributed by atoms with van der Waals surface area (Å²) in [6.45, 7) is 0. The van der Waals surface area contributed by atoms with E-state index in [1.807, 2.05) is 0 Å². The maximum absolute atomic E-state index is 12.9. The fraction of sp³-hybridized carbons (Fsp3) is 0.0714. The first-order valence-electron chi connectivity index (χ1n) is 6.02. The lowest BCUT2D eigenvalue weighted by Crippen LogP contribution is -2.08. The molecule has 22 heavy (non-hydrogen) atoms. The van der Waals surface area contributed by atoms with Crippen molar-refractivity contribution < 1.29 is 18.1 Å². The molecule has 8 heteroatoms. The van der Waals surface area contributed by atoms with E-state index in [1.165, 1.54) is 30.3 Å². The molecule has 0 fully saturated rings. The quantitative estimate of drug-likeness (QED) is 0.341. The summed E-state index contributed by atoms with van der Waals surface area (Å²) in [6.07, 6.45) is -4.60. The summed E-state index contributed by atoms with van der Waals surface area (Å²) in [7, 11) is 0. The summed E-state index contributed by atoms with van der Waals surface area (Å²) >= 11 is 3.10. The fourth-order valence-corrected chi connectivity index (χ4v) is 2.83. The highest BCUT2D eigenvalue weighted by molar-refractivity contribution is 9.10. The van der Waals surface area contributed by atoms with Gasteiger partial charge in [0.1, 0.15) is 5.69 Å². The molecule has 0 saturated heterocycles. The summed E-state index contributed by atoms with van der Waals surface area (Å²) in [5, 5.41) is 12.1. The zero-order valence-corrected chi connectivity index (χ0v) is 12.3. The Balaban J connectivity index is 2.47. The number of hydrogen-bond acceptors (Lipinski definition) is 3. The predicted molar refractivity (Wildman–Crippen MR) is 78.6 cm³/mol. The zero-order valence-electron chi connectivity index (χ0n) is 10.7. The van der Waals surface area contributed by atoms with Crippen LogP contribution in [0.2, 0.25) is 0 Å². The number of nitro groups is 1. The minimum atomic E-state index is -4.60.